The molecule has 0 atom stereocenters. The van der Waals surface area contributed by atoms with Crippen LogP contribution in [0.2, 0.25) is 0 Å². The van der Waals surface area contributed by atoms with E-state index in [9.17, 15) is 9.59 Å². The van der Waals surface area contributed by atoms with Crippen LogP contribution < -0.4 is 0 Å². The third-order valence-corrected chi connectivity index (χ3v) is 6.18. The van der Waals surface area contributed by atoms with Crippen molar-refractivity contribution in [3.05, 3.63) is 35.3 Å². The number of hydrogen-bond acceptors (Lipinski definition) is 5. The average molecular weight is 385 g/mol. The molecule has 0 unspecified atom stereocenters. The summed E-state index contributed by atoms with van der Waals surface area (Å²) in [4.78, 5) is 35.2. The number of carbonyl (C=O) groups is 2. The molecule has 2 amide bonds. The molecule has 0 bridgehead atoms. The summed E-state index contributed by atoms with van der Waals surface area (Å²) in [6, 6.07) is 7.98. The number of fused-ring (bicyclic) bond motifs is 1. The van der Waals surface area contributed by atoms with Crippen molar-refractivity contribution in [2.45, 2.75) is 12.8 Å². The summed E-state index contributed by atoms with van der Waals surface area (Å²) in [6.45, 7) is 5.10. The predicted octanol–water partition coefficient (Wildman–Crippen LogP) is 2.08. The predicted molar refractivity (Wildman–Crippen MR) is 107 cm³/mol. The molecule has 6 nitrogen and oxygen atoms in total. The van der Waals surface area contributed by atoms with E-state index >= 15 is 0 Å². The molecule has 27 heavy (non-hydrogen) atoms. The van der Waals surface area contributed by atoms with Crippen LogP contribution in [0.4, 0.5) is 0 Å². The third-order valence-electron chi connectivity index (χ3n) is 5.18. The molecule has 2 saturated heterocycles. The first-order valence-electron chi connectivity index (χ1n) is 9.52. The van der Waals surface area contributed by atoms with Crippen molar-refractivity contribution < 1.29 is 9.59 Å². The van der Waals surface area contributed by atoms with Crippen molar-refractivity contribution >= 4 is 39.4 Å². The molecule has 7 heteroatoms. The van der Waals surface area contributed by atoms with E-state index in [0.29, 0.717) is 19.6 Å². The Bertz CT molecular complexity index is 816. The second-order valence-electron chi connectivity index (χ2n) is 7.04. The molecule has 0 spiro atoms. The zero-order valence-corrected chi connectivity index (χ0v) is 16.2. The molecule has 0 aliphatic carbocycles. The highest BCUT2D eigenvalue weighted by Gasteiger charge is 2.24. The molecule has 2 aliphatic heterocycles. The van der Waals surface area contributed by atoms with Gasteiger partial charge in [-0.25, -0.2) is 4.98 Å². The van der Waals surface area contributed by atoms with Crippen LogP contribution in [-0.2, 0) is 9.59 Å². The first kappa shape index (κ1) is 18.1. The van der Waals surface area contributed by atoms with Gasteiger partial charge in [-0.05, 0) is 31.1 Å². The molecule has 2 fully saturated rings. The number of rotatable bonds is 4. The standard InChI is InChI=1S/C20H24N4O2S/c25-19(8-7-18-21-16-5-1-2-6-17(16)27-18)24-13-11-22(12-14-24)15-20(26)23-9-3-4-10-23/h1-2,5-8H,3-4,9-15H2/b8-7+. The normalized spacial score (nSPS) is 18.7. The number of hydrogen-bond donors (Lipinski definition) is 0. The molecule has 3 heterocycles. The van der Waals surface area contributed by atoms with Gasteiger partial charge in [0.1, 0.15) is 5.01 Å². The summed E-state index contributed by atoms with van der Waals surface area (Å²) in [6.07, 6.45) is 5.66. The van der Waals surface area contributed by atoms with Crippen LogP contribution in [0, 0.1) is 0 Å². The Morgan fingerprint density at radius 1 is 1.00 bits per heavy atom. The Labute approximate surface area is 163 Å². The Balaban J connectivity index is 1.27. The lowest BCUT2D eigenvalue weighted by atomic mass is 10.3. The van der Waals surface area contributed by atoms with Gasteiger partial charge in [-0.2, -0.15) is 0 Å². The van der Waals surface area contributed by atoms with E-state index in [0.717, 1.165) is 54.2 Å². The molecule has 1 aromatic heterocycles. The summed E-state index contributed by atoms with van der Waals surface area (Å²) in [5.74, 6) is 0.239. The minimum Gasteiger partial charge on any atom is -0.342 e. The Hall–Kier alpha value is -2.25. The fourth-order valence-electron chi connectivity index (χ4n) is 3.59. The van der Waals surface area contributed by atoms with Gasteiger partial charge in [0.05, 0.1) is 16.8 Å². The number of benzene rings is 1. The van der Waals surface area contributed by atoms with Gasteiger partial charge >= 0.3 is 0 Å². The summed E-state index contributed by atoms with van der Waals surface area (Å²) in [5.41, 5.74) is 0.964. The fourth-order valence-corrected chi connectivity index (χ4v) is 4.46. The maximum atomic E-state index is 12.4. The van der Waals surface area contributed by atoms with Crippen LogP contribution in [0.25, 0.3) is 16.3 Å². The van der Waals surface area contributed by atoms with Gasteiger partial charge in [0.2, 0.25) is 11.8 Å². The highest BCUT2D eigenvalue weighted by Crippen LogP contribution is 2.22. The lowest BCUT2D eigenvalue weighted by Gasteiger charge is -2.34. The molecular formula is C20H24N4O2S. The van der Waals surface area contributed by atoms with Crippen molar-refractivity contribution in [3.8, 4) is 0 Å². The topological polar surface area (TPSA) is 56.8 Å². The first-order chi connectivity index (χ1) is 13.2. The monoisotopic (exact) mass is 384 g/mol. The maximum Gasteiger partial charge on any atom is 0.246 e. The maximum absolute atomic E-state index is 12.4. The van der Waals surface area contributed by atoms with E-state index in [2.05, 4.69) is 9.88 Å². The quantitative estimate of drug-likeness (QED) is 0.758. The SMILES string of the molecule is O=C(/C=C/c1nc2ccccc2s1)N1CCN(CC(=O)N2CCCC2)CC1. The lowest BCUT2D eigenvalue weighted by Crippen LogP contribution is -2.51. The van der Waals surface area contributed by atoms with Crippen LogP contribution in [-0.4, -0.2) is 77.3 Å². The molecular weight excluding hydrogens is 360 g/mol. The molecule has 142 valence electrons. The highest BCUT2D eigenvalue weighted by atomic mass is 32.1. The second kappa shape index (κ2) is 8.19. The minimum atomic E-state index is 0.0137. The molecule has 0 N–H and O–H groups in total. The van der Waals surface area contributed by atoms with E-state index in [-0.39, 0.29) is 11.8 Å². The summed E-state index contributed by atoms with van der Waals surface area (Å²) in [5, 5.41) is 0.847. The van der Waals surface area contributed by atoms with Crippen molar-refractivity contribution in [1.29, 1.82) is 0 Å². The first-order valence-corrected chi connectivity index (χ1v) is 10.3. The number of thiazole rings is 1. The van der Waals surface area contributed by atoms with E-state index in [4.69, 9.17) is 0 Å². The molecule has 0 saturated carbocycles. The lowest BCUT2D eigenvalue weighted by molar-refractivity contribution is -0.132. The Morgan fingerprint density at radius 3 is 2.48 bits per heavy atom. The van der Waals surface area contributed by atoms with E-state index in [1.165, 1.54) is 0 Å². The van der Waals surface area contributed by atoms with Crippen molar-refractivity contribution in [2.75, 3.05) is 45.8 Å². The van der Waals surface area contributed by atoms with E-state index in [1.54, 1.807) is 23.5 Å². The van der Waals surface area contributed by atoms with Crippen molar-refractivity contribution in [2.24, 2.45) is 0 Å². The second-order valence-corrected chi connectivity index (χ2v) is 8.10. The number of amides is 2. The van der Waals surface area contributed by atoms with Gasteiger partial charge in [-0.3, -0.25) is 14.5 Å². The molecule has 4 rings (SSSR count). The van der Waals surface area contributed by atoms with Crippen molar-refractivity contribution in [3.63, 3.8) is 0 Å². The number of para-hydroxylation sites is 1. The molecule has 2 aromatic rings. The Morgan fingerprint density at radius 2 is 1.74 bits per heavy atom. The fraction of sp³-hybridized carbons (Fsp3) is 0.450. The van der Waals surface area contributed by atoms with Crippen LogP contribution in [0.3, 0.4) is 0 Å². The number of piperazine rings is 1. The summed E-state index contributed by atoms with van der Waals surface area (Å²) < 4.78 is 1.13. The zero-order valence-electron chi connectivity index (χ0n) is 15.3. The number of aromatic nitrogens is 1. The van der Waals surface area contributed by atoms with Gasteiger partial charge in [0, 0.05) is 45.3 Å². The minimum absolute atomic E-state index is 0.0137. The van der Waals surface area contributed by atoms with Gasteiger partial charge in [-0.15, -0.1) is 11.3 Å². The van der Waals surface area contributed by atoms with Crippen LogP contribution in [0.1, 0.15) is 17.8 Å². The average Bonchev–Trinajstić information content (AvgIpc) is 3.36. The smallest absolute Gasteiger partial charge is 0.246 e. The molecule has 1 aromatic carbocycles. The van der Waals surface area contributed by atoms with E-state index < -0.39 is 0 Å². The van der Waals surface area contributed by atoms with E-state index in [1.807, 2.05) is 34.1 Å². The summed E-state index contributed by atoms with van der Waals surface area (Å²) in [7, 11) is 0. The summed E-state index contributed by atoms with van der Waals surface area (Å²) >= 11 is 1.59. The highest BCUT2D eigenvalue weighted by molar-refractivity contribution is 7.19. The van der Waals surface area contributed by atoms with Crippen LogP contribution in [0.5, 0.6) is 0 Å². The van der Waals surface area contributed by atoms with Gasteiger partial charge in [0.15, 0.2) is 0 Å². The zero-order chi connectivity index (χ0) is 18.6. The van der Waals surface area contributed by atoms with Crippen LogP contribution >= 0.6 is 11.3 Å². The van der Waals surface area contributed by atoms with Gasteiger partial charge < -0.3 is 9.80 Å². The van der Waals surface area contributed by atoms with Gasteiger partial charge in [0.25, 0.3) is 0 Å². The molecule has 0 radical (unpaired) electrons. The molecule has 2 aliphatic rings. The van der Waals surface area contributed by atoms with Crippen molar-refractivity contribution in [1.82, 2.24) is 19.7 Å². The van der Waals surface area contributed by atoms with Gasteiger partial charge in [-0.1, -0.05) is 12.1 Å². The Kier molecular flexibility index (Phi) is 5.50. The largest absolute Gasteiger partial charge is 0.342 e. The number of nitrogens with zero attached hydrogens (tertiary/aromatic N) is 4. The van der Waals surface area contributed by atoms with Crippen LogP contribution in [0.15, 0.2) is 30.3 Å². The third kappa shape index (κ3) is 4.36. The number of likely N-dealkylation sites (tertiary alicyclic amines) is 1. The number of carbonyl (C=O) groups excluding carboxylic acids is 2.